The van der Waals surface area contributed by atoms with Crippen molar-refractivity contribution < 1.29 is 14.3 Å². The molecular weight excluding hydrogens is 390 g/mol. The van der Waals surface area contributed by atoms with Crippen molar-refractivity contribution in [3.8, 4) is 11.5 Å². The summed E-state index contributed by atoms with van der Waals surface area (Å²) in [5.74, 6) is 1.20. The third-order valence-electron chi connectivity index (χ3n) is 4.62. The van der Waals surface area contributed by atoms with Gasteiger partial charge in [0.25, 0.3) is 5.91 Å². The van der Waals surface area contributed by atoms with Gasteiger partial charge in [0, 0.05) is 30.4 Å². The maximum absolute atomic E-state index is 12.7. The Morgan fingerprint density at radius 1 is 0.839 bits per heavy atom. The highest BCUT2D eigenvalue weighted by molar-refractivity contribution is 6.06. The van der Waals surface area contributed by atoms with Crippen molar-refractivity contribution in [1.82, 2.24) is 4.98 Å². The van der Waals surface area contributed by atoms with E-state index < -0.39 is 0 Å². The van der Waals surface area contributed by atoms with Crippen molar-refractivity contribution in [3.05, 3.63) is 90.1 Å². The number of amides is 2. The molecule has 0 aliphatic rings. The standard InChI is InChI=1S/C25H21N3O3/c1-16-4-3-5-21(12-16)28-25(30)19-7-6-18-8-9-22(14-20(18)13-19)31-23-10-11-26-24(15-23)27-17(2)29/h3-15H,1-2H3,(H,28,30)(H,26,27,29). The second-order valence-corrected chi connectivity index (χ2v) is 7.21. The molecule has 4 aromatic rings. The van der Waals surface area contributed by atoms with Crippen LogP contribution in [0.1, 0.15) is 22.8 Å². The Hall–Kier alpha value is -4.19. The van der Waals surface area contributed by atoms with Gasteiger partial charge in [-0.25, -0.2) is 4.98 Å². The zero-order valence-electron chi connectivity index (χ0n) is 17.2. The number of hydrogen-bond acceptors (Lipinski definition) is 4. The van der Waals surface area contributed by atoms with E-state index in [1.54, 1.807) is 24.4 Å². The van der Waals surface area contributed by atoms with E-state index in [-0.39, 0.29) is 11.8 Å². The van der Waals surface area contributed by atoms with Crippen molar-refractivity contribution in [2.45, 2.75) is 13.8 Å². The number of pyridine rings is 1. The van der Waals surface area contributed by atoms with Gasteiger partial charge in [-0.05, 0) is 65.7 Å². The first kappa shape index (κ1) is 20.1. The maximum atomic E-state index is 12.7. The van der Waals surface area contributed by atoms with Crippen LogP contribution in [0.25, 0.3) is 10.8 Å². The van der Waals surface area contributed by atoms with Gasteiger partial charge in [-0.1, -0.05) is 24.3 Å². The summed E-state index contributed by atoms with van der Waals surface area (Å²) in [7, 11) is 0. The predicted molar refractivity (Wildman–Crippen MR) is 122 cm³/mol. The van der Waals surface area contributed by atoms with E-state index >= 15 is 0 Å². The molecule has 1 heterocycles. The van der Waals surface area contributed by atoms with Crippen LogP contribution in [0.2, 0.25) is 0 Å². The minimum absolute atomic E-state index is 0.173. The summed E-state index contributed by atoms with van der Waals surface area (Å²) in [5, 5.41) is 7.43. The molecule has 6 nitrogen and oxygen atoms in total. The highest BCUT2D eigenvalue weighted by atomic mass is 16.5. The minimum atomic E-state index is -0.202. The van der Waals surface area contributed by atoms with E-state index in [2.05, 4.69) is 15.6 Å². The van der Waals surface area contributed by atoms with Crippen LogP contribution in [0.15, 0.2) is 79.0 Å². The molecule has 1 aromatic heterocycles. The number of carbonyl (C=O) groups is 2. The minimum Gasteiger partial charge on any atom is -0.457 e. The lowest BCUT2D eigenvalue weighted by Crippen LogP contribution is -2.11. The van der Waals surface area contributed by atoms with Gasteiger partial charge in [0.15, 0.2) is 0 Å². The Morgan fingerprint density at radius 3 is 2.45 bits per heavy atom. The molecule has 4 rings (SSSR count). The third-order valence-corrected chi connectivity index (χ3v) is 4.62. The fourth-order valence-electron chi connectivity index (χ4n) is 3.22. The van der Waals surface area contributed by atoms with Crippen LogP contribution in [-0.2, 0) is 4.79 Å². The van der Waals surface area contributed by atoms with Crippen LogP contribution in [0.4, 0.5) is 11.5 Å². The first-order chi connectivity index (χ1) is 15.0. The van der Waals surface area contributed by atoms with E-state index in [9.17, 15) is 9.59 Å². The van der Waals surface area contributed by atoms with E-state index in [1.165, 1.54) is 6.92 Å². The van der Waals surface area contributed by atoms with Crippen LogP contribution >= 0.6 is 0 Å². The van der Waals surface area contributed by atoms with Gasteiger partial charge in [0.05, 0.1) is 0 Å². The fourth-order valence-corrected chi connectivity index (χ4v) is 3.22. The number of benzene rings is 3. The molecule has 2 N–H and O–H groups in total. The van der Waals surface area contributed by atoms with E-state index in [1.807, 2.05) is 61.5 Å². The topological polar surface area (TPSA) is 80.3 Å². The molecule has 0 saturated carbocycles. The van der Waals surface area contributed by atoms with Crippen LogP contribution in [0.5, 0.6) is 11.5 Å². The lowest BCUT2D eigenvalue weighted by atomic mass is 10.1. The zero-order valence-corrected chi connectivity index (χ0v) is 17.2. The summed E-state index contributed by atoms with van der Waals surface area (Å²) in [6, 6.07) is 22.2. The smallest absolute Gasteiger partial charge is 0.255 e. The number of hydrogen-bond donors (Lipinski definition) is 2. The number of nitrogens with zero attached hydrogens (tertiary/aromatic N) is 1. The molecule has 31 heavy (non-hydrogen) atoms. The number of carbonyl (C=O) groups excluding carboxylic acids is 2. The molecule has 3 aromatic carbocycles. The number of aryl methyl sites for hydroxylation is 1. The van der Waals surface area contributed by atoms with Gasteiger partial charge in [0.1, 0.15) is 17.3 Å². The first-order valence-electron chi connectivity index (χ1n) is 9.80. The summed E-state index contributed by atoms with van der Waals surface area (Å²) in [4.78, 5) is 28.0. The lowest BCUT2D eigenvalue weighted by molar-refractivity contribution is -0.114. The summed E-state index contributed by atoms with van der Waals surface area (Å²) in [6.07, 6.45) is 1.56. The normalized spacial score (nSPS) is 10.5. The molecule has 0 radical (unpaired) electrons. The molecule has 0 aliphatic heterocycles. The SMILES string of the molecule is CC(=O)Nc1cc(Oc2ccc3ccc(C(=O)Nc4cccc(C)c4)cc3c2)ccn1. The molecule has 2 amide bonds. The Labute approximate surface area is 179 Å². The summed E-state index contributed by atoms with van der Waals surface area (Å²) in [5.41, 5.74) is 2.40. The summed E-state index contributed by atoms with van der Waals surface area (Å²) >= 11 is 0. The molecule has 0 saturated heterocycles. The van der Waals surface area contributed by atoms with Crippen molar-refractivity contribution in [2.75, 3.05) is 10.6 Å². The van der Waals surface area contributed by atoms with Crippen molar-refractivity contribution in [1.29, 1.82) is 0 Å². The van der Waals surface area contributed by atoms with Crippen LogP contribution in [0, 0.1) is 6.92 Å². The van der Waals surface area contributed by atoms with Gasteiger partial charge >= 0.3 is 0 Å². The highest BCUT2D eigenvalue weighted by Gasteiger charge is 2.09. The number of nitrogens with one attached hydrogen (secondary N) is 2. The molecule has 154 valence electrons. The van der Waals surface area contributed by atoms with Gasteiger partial charge in [0.2, 0.25) is 5.91 Å². The van der Waals surface area contributed by atoms with Gasteiger partial charge in [-0.2, -0.15) is 0 Å². The molecule has 0 aliphatic carbocycles. The fraction of sp³-hybridized carbons (Fsp3) is 0.0800. The monoisotopic (exact) mass is 411 g/mol. The first-order valence-corrected chi connectivity index (χ1v) is 9.80. The van der Waals surface area contributed by atoms with Crippen molar-refractivity contribution >= 4 is 34.1 Å². The number of aromatic nitrogens is 1. The average molecular weight is 411 g/mol. The maximum Gasteiger partial charge on any atom is 0.255 e. The summed E-state index contributed by atoms with van der Waals surface area (Å²) < 4.78 is 5.93. The summed E-state index contributed by atoms with van der Waals surface area (Å²) in [6.45, 7) is 3.40. The molecule has 0 atom stereocenters. The number of fused-ring (bicyclic) bond motifs is 1. The second-order valence-electron chi connectivity index (χ2n) is 7.21. The van der Waals surface area contributed by atoms with Gasteiger partial charge in [-0.3, -0.25) is 9.59 Å². The Kier molecular flexibility index (Phi) is 5.62. The Morgan fingerprint density at radius 2 is 1.65 bits per heavy atom. The van der Waals surface area contributed by atoms with Crippen molar-refractivity contribution in [3.63, 3.8) is 0 Å². The van der Waals surface area contributed by atoms with Crippen molar-refractivity contribution in [2.24, 2.45) is 0 Å². The molecule has 0 fully saturated rings. The van der Waals surface area contributed by atoms with Crippen LogP contribution in [-0.4, -0.2) is 16.8 Å². The van der Waals surface area contributed by atoms with Gasteiger partial charge in [-0.15, -0.1) is 0 Å². The highest BCUT2D eigenvalue weighted by Crippen LogP contribution is 2.27. The van der Waals surface area contributed by atoms with E-state index in [0.717, 1.165) is 22.0 Å². The van der Waals surface area contributed by atoms with Crippen LogP contribution < -0.4 is 15.4 Å². The number of rotatable bonds is 5. The van der Waals surface area contributed by atoms with E-state index in [4.69, 9.17) is 4.74 Å². The van der Waals surface area contributed by atoms with Gasteiger partial charge < -0.3 is 15.4 Å². The lowest BCUT2D eigenvalue weighted by Gasteiger charge is -2.10. The third kappa shape index (κ3) is 5.05. The predicted octanol–water partition coefficient (Wildman–Crippen LogP) is 5.55. The molecule has 0 spiro atoms. The Balaban J connectivity index is 1.56. The average Bonchev–Trinajstić information content (AvgIpc) is 2.73. The van der Waals surface area contributed by atoms with Crippen LogP contribution in [0.3, 0.4) is 0 Å². The quantitative estimate of drug-likeness (QED) is 0.451. The number of ether oxygens (including phenoxy) is 1. The molecule has 0 bridgehead atoms. The largest absolute Gasteiger partial charge is 0.457 e. The molecule has 0 unspecified atom stereocenters. The van der Waals surface area contributed by atoms with E-state index in [0.29, 0.717) is 22.9 Å². The zero-order chi connectivity index (χ0) is 21.8. The molecule has 6 heteroatoms. The number of anilines is 2. The molecular formula is C25H21N3O3. The Bertz CT molecular complexity index is 1280. The second kappa shape index (κ2) is 8.67.